The molecule has 1 aromatic carbocycles. The number of ketones is 1. The highest BCUT2D eigenvalue weighted by Gasteiger charge is 2.47. The van der Waals surface area contributed by atoms with E-state index >= 15 is 0 Å². The van der Waals surface area contributed by atoms with Crippen molar-refractivity contribution in [3.05, 3.63) is 81.0 Å². The number of halogens is 3. The molecule has 2 unspecified atom stereocenters. The molecule has 0 amide bonds. The van der Waals surface area contributed by atoms with E-state index in [2.05, 4.69) is 4.98 Å². The van der Waals surface area contributed by atoms with Gasteiger partial charge in [0.1, 0.15) is 17.7 Å². The first-order valence-electron chi connectivity index (χ1n) is 8.02. The van der Waals surface area contributed by atoms with E-state index in [1.165, 1.54) is 17.4 Å². The highest BCUT2D eigenvalue weighted by atomic mass is 35.5. The van der Waals surface area contributed by atoms with Crippen LogP contribution in [0.4, 0.5) is 8.78 Å². The maximum absolute atomic E-state index is 14.4. The van der Waals surface area contributed by atoms with Gasteiger partial charge in [-0.15, -0.1) is 16.4 Å². The average Bonchev–Trinajstić information content (AvgIpc) is 3.05. The summed E-state index contributed by atoms with van der Waals surface area (Å²) in [5, 5.41) is 11.6. The van der Waals surface area contributed by atoms with Crippen molar-refractivity contribution >= 4 is 28.7 Å². The fourth-order valence-corrected chi connectivity index (χ4v) is 4.25. The Morgan fingerprint density at radius 3 is 2.81 bits per heavy atom. The molecular weight excluding hydrogens is 396 g/mol. The zero-order valence-electron chi connectivity index (χ0n) is 13.7. The van der Waals surface area contributed by atoms with Crippen molar-refractivity contribution < 1.29 is 23.3 Å². The van der Waals surface area contributed by atoms with Crippen LogP contribution in [-0.2, 0) is 6.42 Å². The summed E-state index contributed by atoms with van der Waals surface area (Å²) in [6, 6.07) is 6.67. The lowest BCUT2D eigenvalue weighted by atomic mass is 9.95. The molecular formula is C18H13ClF2N3O2S+. The van der Waals surface area contributed by atoms with Crippen molar-refractivity contribution in [2.45, 2.75) is 18.6 Å². The van der Waals surface area contributed by atoms with Gasteiger partial charge in [-0.2, -0.15) is 4.57 Å². The van der Waals surface area contributed by atoms with Crippen LogP contribution in [0.15, 0.2) is 48.8 Å². The first kappa shape index (κ1) is 18.1. The van der Waals surface area contributed by atoms with E-state index in [1.54, 1.807) is 35.2 Å². The second-order valence-corrected chi connectivity index (χ2v) is 7.77. The van der Waals surface area contributed by atoms with Crippen molar-refractivity contribution in [3.63, 3.8) is 0 Å². The number of rotatable bonds is 3. The molecule has 2 aromatic heterocycles. The molecule has 1 aliphatic rings. The zero-order valence-corrected chi connectivity index (χ0v) is 15.3. The van der Waals surface area contributed by atoms with Gasteiger partial charge in [-0.25, -0.2) is 13.8 Å². The summed E-state index contributed by atoms with van der Waals surface area (Å²) >= 11 is 7.14. The third-order valence-electron chi connectivity index (χ3n) is 4.45. The molecule has 0 fully saturated rings. The Morgan fingerprint density at radius 1 is 1.30 bits per heavy atom. The number of benzene rings is 1. The molecule has 2 atom stereocenters. The summed E-state index contributed by atoms with van der Waals surface area (Å²) in [6.07, 6.45) is 2.87. The number of Topliss-reactive ketones (excluding diaryl/α,β-unsaturated/α-hetero) is 1. The highest BCUT2D eigenvalue weighted by molar-refractivity contribution is 7.15. The molecule has 1 aliphatic heterocycles. The molecule has 3 aromatic rings. The Labute approximate surface area is 162 Å². The lowest BCUT2D eigenvalue weighted by Gasteiger charge is -2.33. The SMILES string of the molecule is O=C1c2cccc[n+]2C(Cc2cnc(Cl)s2)N(O)C1c1ccc(F)cc1F. The summed E-state index contributed by atoms with van der Waals surface area (Å²) in [6.45, 7) is 0. The quantitative estimate of drug-likeness (QED) is 0.671. The predicted octanol–water partition coefficient (Wildman–Crippen LogP) is 3.73. The van der Waals surface area contributed by atoms with Crippen LogP contribution in [0.1, 0.15) is 33.1 Å². The van der Waals surface area contributed by atoms with Crippen molar-refractivity contribution in [2.24, 2.45) is 0 Å². The number of thiazole rings is 1. The normalized spacial score (nSPS) is 19.9. The highest BCUT2D eigenvalue weighted by Crippen LogP contribution is 2.34. The number of hydrogen-bond acceptors (Lipinski definition) is 5. The molecule has 4 rings (SSSR count). The van der Waals surface area contributed by atoms with E-state index in [0.29, 0.717) is 22.6 Å². The van der Waals surface area contributed by atoms with Gasteiger partial charge in [0, 0.05) is 34.8 Å². The summed E-state index contributed by atoms with van der Waals surface area (Å²) in [7, 11) is 0. The summed E-state index contributed by atoms with van der Waals surface area (Å²) in [4.78, 5) is 17.7. The summed E-state index contributed by atoms with van der Waals surface area (Å²) in [5.41, 5.74) is 0.225. The molecule has 0 saturated heterocycles. The standard InChI is InChI=1S/C18H13ClF2N3O2S/c19-18-22-9-11(27-18)8-15-23-6-2-1-3-14(23)17(25)16(24(15)26)12-5-4-10(20)7-13(12)21/h1-7,9,15-16,26H,8H2/q+1. The van der Waals surface area contributed by atoms with E-state index < -0.39 is 29.6 Å². The monoisotopic (exact) mass is 408 g/mol. The molecule has 0 radical (unpaired) electrons. The zero-order chi connectivity index (χ0) is 19.1. The molecule has 0 spiro atoms. The lowest BCUT2D eigenvalue weighted by Crippen LogP contribution is -2.59. The number of hydrogen-bond donors (Lipinski definition) is 1. The maximum atomic E-state index is 14.4. The van der Waals surface area contributed by atoms with E-state index in [-0.39, 0.29) is 5.56 Å². The van der Waals surface area contributed by atoms with Gasteiger partial charge < -0.3 is 5.21 Å². The van der Waals surface area contributed by atoms with Gasteiger partial charge in [0.05, 0.1) is 6.42 Å². The second-order valence-electron chi connectivity index (χ2n) is 6.07. The Bertz CT molecular complexity index is 1030. The Balaban J connectivity index is 1.81. The van der Waals surface area contributed by atoms with E-state index in [0.717, 1.165) is 16.0 Å². The van der Waals surface area contributed by atoms with Crippen LogP contribution < -0.4 is 4.57 Å². The van der Waals surface area contributed by atoms with Crippen molar-refractivity contribution in [3.8, 4) is 0 Å². The average molecular weight is 409 g/mol. The smallest absolute Gasteiger partial charge is 0.252 e. The minimum absolute atomic E-state index is 0.0914. The van der Waals surface area contributed by atoms with Crippen LogP contribution in [0.5, 0.6) is 0 Å². The Hall–Kier alpha value is -2.26. The van der Waals surface area contributed by atoms with Gasteiger partial charge in [-0.3, -0.25) is 4.79 Å². The summed E-state index contributed by atoms with van der Waals surface area (Å²) in [5.74, 6) is -2.13. The largest absolute Gasteiger partial charge is 0.307 e. The number of carbonyl (C=O) groups is 1. The van der Waals surface area contributed by atoms with Crippen molar-refractivity contribution in [2.75, 3.05) is 0 Å². The third kappa shape index (κ3) is 3.25. The van der Waals surface area contributed by atoms with Gasteiger partial charge >= 0.3 is 0 Å². The fraction of sp³-hybridized carbons (Fsp3) is 0.167. The van der Waals surface area contributed by atoms with Gasteiger partial charge in [0.2, 0.25) is 6.17 Å². The third-order valence-corrected chi connectivity index (χ3v) is 5.59. The topological polar surface area (TPSA) is 57.3 Å². The van der Waals surface area contributed by atoms with Crippen LogP contribution in [0.2, 0.25) is 4.47 Å². The minimum Gasteiger partial charge on any atom is -0.307 e. The Morgan fingerprint density at radius 2 is 2.11 bits per heavy atom. The molecule has 0 bridgehead atoms. The molecule has 3 heterocycles. The molecule has 138 valence electrons. The molecule has 9 heteroatoms. The minimum atomic E-state index is -1.29. The van der Waals surface area contributed by atoms with Gasteiger partial charge in [-0.1, -0.05) is 17.7 Å². The number of nitrogens with zero attached hydrogens (tertiary/aromatic N) is 3. The number of carbonyl (C=O) groups excluding carboxylic acids is 1. The van der Waals surface area contributed by atoms with Crippen LogP contribution in [0.3, 0.4) is 0 Å². The van der Waals surface area contributed by atoms with Gasteiger partial charge in [-0.05, 0) is 12.1 Å². The first-order valence-corrected chi connectivity index (χ1v) is 9.22. The molecule has 0 saturated carbocycles. The van der Waals surface area contributed by atoms with Crippen LogP contribution in [-0.4, -0.2) is 21.0 Å². The van der Waals surface area contributed by atoms with Crippen LogP contribution in [0.25, 0.3) is 0 Å². The number of hydroxylamine groups is 2. The fourth-order valence-electron chi connectivity index (χ4n) is 3.24. The van der Waals surface area contributed by atoms with E-state index in [9.17, 15) is 18.8 Å². The lowest BCUT2D eigenvalue weighted by molar-refractivity contribution is -0.764. The molecule has 27 heavy (non-hydrogen) atoms. The van der Waals surface area contributed by atoms with Gasteiger partial charge in [0.25, 0.3) is 11.5 Å². The number of fused-ring (bicyclic) bond motifs is 1. The number of aromatic nitrogens is 2. The van der Waals surface area contributed by atoms with E-state index in [4.69, 9.17) is 11.6 Å². The van der Waals surface area contributed by atoms with Crippen molar-refractivity contribution in [1.82, 2.24) is 10.0 Å². The van der Waals surface area contributed by atoms with E-state index in [1.807, 2.05) is 0 Å². The van der Waals surface area contributed by atoms with Crippen molar-refractivity contribution in [1.29, 1.82) is 0 Å². The molecule has 1 N–H and O–H groups in total. The van der Waals surface area contributed by atoms with Crippen LogP contribution >= 0.6 is 22.9 Å². The first-order chi connectivity index (χ1) is 13.0. The molecule has 5 nitrogen and oxygen atoms in total. The second kappa shape index (κ2) is 7.05. The number of pyridine rings is 1. The Kier molecular flexibility index (Phi) is 4.73. The van der Waals surface area contributed by atoms with Gasteiger partial charge in [0.15, 0.2) is 10.7 Å². The van der Waals surface area contributed by atoms with Crippen LogP contribution in [0, 0.1) is 11.6 Å². The summed E-state index contributed by atoms with van der Waals surface area (Å²) < 4.78 is 29.6. The molecule has 0 aliphatic carbocycles. The predicted molar refractivity (Wildman–Crippen MR) is 93.6 cm³/mol. The maximum Gasteiger partial charge on any atom is 0.252 e.